The Labute approximate surface area is 141 Å². The molecule has 0 saturated heterocycles. The molecule has 116 valence electrons. The van der Waals surface area contributed by atoms with Crippen LogP contribution in [-0.4, -0.2) is 21.0 Å². The molecule has 3 aromatic rings. The smallest absolute Gasteiger partial charge is 0.282 e. The summed E-state index contributed by atoms with van der Waals surface area (Å²) in [5.41, 5.74) is 1.65. The molecule has 0 atom stereocenters. The first kappa shape index (κ1) is 15.4. The lowest BCUT2D eigenvalue weighted by molar-refractivity contribution is 0.470. The molecule has 1 N–H and O–H groups in total. The summed E-state index contributed by atoms with van der Waals surface area (Å²) < 4.78 is 2.06. The number of halogens is 1. The summed E-state index contributed by atoms with van der Waals surface area (Å²) in [5.74, 6) is 0.618. The first-order valence-corrected chi connectivity index (χ1v) is 7.78. The van der Waals surface area contributed by atoms with Crippen molar-refractivity contribution in [2.24, 2.45) is 5.10 Å². The summed E-state index contributed by atoms with van der Waals surface area (Å²) >= 11 is 3.38. The molecule has 0 radical (unpaired) electrons. The minimum absolute atomic E-state index is 0.136. The van der Waals surface area contributed by atoms with E-state index in [1.165, 1.54) is 10.9 Å². The Hall–Kier alpha value is -2.47. The third-order valence-electron chi connectivity index (χ3n) is 3.52. The number of benzene rings is 2. The van der Waals surface area contributed by atoms with Crippen molar-refractivity contribution in [2.45, 2.75) is 13.8 Å². The lowest BCUT2D eigenvalue weighted by Crippen LogP contribution is -2.20. The van der Waals surface area contributed by atoms with E-state index in [9.17, 15) is 9.90 Å². The Morgan fingerprint density at radius 3 is 2.78 bits per heavy atom. The minimum atomic E-state index is -0.240. The molecule has 23 heavy (non-hydrogen) atoms. The van der Waals surface area contributed by atoms with E-state index in [0.29, 0.717) is 22.3 Å². The number of aryl methyl sites for hydroxylation is 2. The second-order valence-electron chi connectivity index (χ2n) is 5.20. The summed E-state index contributed by atoms with van der Waals surface area (Å²) in [6.45, 7) is 3.52. The molecule has 0 aliphatic heterocycles. The van der Waals surface area contributed by atoms with Crippen molar-refractivity contribution in [3.8, 4) is 5.75 Å². The van der Waals surface area contributed by atoms with Gasteiger partial charge in [-0.05, 0) is 43.7 Å². The summed E-state index contributed by atoms with van der Waals surface area (Å²) in [6, 6.07) is 10.7. The van der Waals surface area contributed by atoms with Crippen LogP contribution in [0.25, 0.3) is 10.9 Å². The van der Waals surface area contributed by atoms with Crippen LogP contribution in [-0.2, 0) is 0 Å². The predicted molar refractivity (Wildman–Crippen MR) is 94.3 cm³/mol. The van der Waals surface area contributed by atoms with E-state index < -0.39 is 0 Å². The summed E-state index contributed by atoms with van der Waals surface area (Å²) in [4.78, 5) is 16.9. The van der Waals surface area contributed by atoms with Crippen LogP contribution in [0.15, 0.2) is 50.8 Å². The quantitative estimate of drug-likeness (QED) is 0.702. The SMILES string of the molecule is Cc1cc(Br)cc(/C=N/n2c(C)nc3ccccc3c2=O)c1O. The van der Waals surface area contributed by atoms with Gasteiger partial charge in [-0.1, -0.05) is 28.1 Å². The fraction of sp³-hybridized carbons (Fsp3) is 0.118. The number of fused-ring (bicyclic) bond motifs is 1. The van der Waals surface area contributed by atoms with E-state index in [1.54, 1.807) is 38.1 Å². The van der Waals surface area contributed by atoms with Gasteiger partial charge in [0.05, 0.1) is 17.1 Å². The lowest BCUT2D eigenvalue weighted by Gasteiger charge is -2.06. The van der Waals surface area contributed by atoms with Crippen LogP contribution in [0.4, 0.5) is 0 Å². The highest BCUT2D eigenvalue weighted by atomic mass is 79.9. The number of aromatic nitrogens is 2. The number of phenolic OH excluding ortho intramolecular Hbond substituents is 1. The second-order valence-corrected chi connectivity index (χ2v) is 6.11. The Morgan fingerprint density at radius 1 is 1.26 bits per heavy atom. The highest BCUT2D eigenvalue weighted by molar-refractivity contribution is 9.10. The van der Waals surface area contributed by atoms with Crippen LogP contribution >= 0.6 is 15.9 Å². The number of aromatic hydroxyl groups is 1. The standard InChI is InChI=1S/C17H14BrN3O2/c1-10-7-13(18)8-12(16(10)22)9-19-21-11(2)20-15-6-4-3-5-14(15)17(21)23/h3-9,22H,1-2H3/b19-9+. The number of phenols is 1. The van der Waals surface area contributed by atoms with Gasteiger partial charge in [0.1, 0.15) is 11.6 Å². The van der Waals surface area contributed by atoms with Crippen molar-refractivity contribution in [1.29, 1.82) is 0 Å². The first-order chi connectivity index (χ1) is 11.0. The molecule has 1 aromatic heterocycles. The molecule has 2 aromatic carbocycles. The second kappa shape index (κ2) is 5.96. The number of rotatable bonds is 2. The van der Waals surface area contributed by atoms with Crippen LogP contribution in [0.1, 0.15) is 17.0 Å². The average Bonchev–Trinajstić information content (AvgIpc) is 2.51. The largest absolute Gasteiger partial charge is 0.507 e. The van der Waals surface area contributed by atoms with E-state index in [4.69, 9.17) is 0 Å². The molecular formula is C17H14BrN3O2. The molecule has 0 fully saturated rings. The number of para-hydroxylation sites is 1. The highest BCUT2D eigenvalue weighted by Gasteiger charge is 2.08. The van der Waals surface area contributed by atoms with Crippen LogP contribution < -0.4 is 5.56 Å². The minimum Gasteiger partial charge on any atom is -0.507 e. The number of nitrogens with zero attached hydrogens (tertiary/aromatic N) is 3. The molecule has 0 aliphatic rings. The van der Waals surface area contributed by atoms with Crippen LogP contribution in [0, 0.1) is 13.8 Å². The Morgan fingerprint density at radius 2 is 2.00 bits per heavy atom. The van der Waals surface area contributed by atoms with Gasteiger partial charge in [0.25, 0.3) is 5.56 Å². The van der Waals surface area contributed by atoms with Crippen LogP contribution in [0.5, 0.6) is 5.75 Å². The normalized spacial score (nSPS) is 11.4. The van der Waals surface area contributed by atoms with Crippen molar-refractivity contribution in [2.75, 3.05) is 0 Å². The maximum Gasteiger partial charge on any atom is 0.282 e. The molecular weight excluding hydrogens is 358 g/mol. The molecule has 0 saturated carbocycles. The number of hydrogen-bond donors (Lipinski definition) is 1. The summed E-state index contributed by atoms with van der Waals surface area (Å²) in [7, 11) is 0. The summed E-state index contributed by atoms with van der Waals surface area (Å²) in [6.07, 6.45) is 1.46. The van der Waals surface area contributed by atoms with Crippen molar-refractivity contribution in [3.05, 3.63) is 68.2 Å². The molecule has 0 amide bonds. The van der Waals surface area contributed by atoms with E-state index in [0.717, 1.165) is 10.0 Å². The van der Waals surface area contributed by atoms with Crippen LogP contribution in [0.3, 0.4) is 0 Å². The van der Waals surface area contributed by atoms with Crippen LogP contribution in [0.2, 0.25) is 0 Å². The average molecular weight is 372 g/mol. The zero-order chi connectivity index (χ0) is 16.6. The number of hydrogen-bond acceptors (Lipinski definition) is 4. The van der Waals surface area contributed by atoms with Crippen molar-refractivity contribution < 1.29 is 5.11 Å². The molecule has 6 heteroatoms. The van der Waals surface area contributed by atoms with Crippen molar-refractivity contribution in [3.63, 3.8) is 0 Å². The predicted octanol–water partition coefficient (Wildman–Crippen LogP) is 3.36. The molecule has 1 heterocycles. The lowest BCUT2D eigenvalue weighted by atomic mass is 10.1. The van der Waals surface area contributed by atoms with Gasteiger partial charge in [0.2, 0.25) is 0 Å². The Bertz CT molecular complexity index is 993. The van der Waals surface area contributed by atoms with E-state index >= 15 is 0 Å². The Kier molecular flexibility index (Phi) is 4.00. The highest BCUT2D eigenvalue weighted by Crippen LogP contribution is 2.25. The molecule has 0 unspecified atom stereocenters. The molecule has 3 rings (SSSR count). The van der Waals surface area contributed by atoms with Gasteiger partial charge in [0.15, 0.2) is 0 Å². The fourth-order valence-electron chi connectivity index (χ4n) is 2.35. The fourth-order valence-corrected chi connectivity index (χ4v) is 2.94. The molecule has 0 aliphatic carbocycles. The van der Waals surface area contributed by atoms with E-state index in [1.807, 2.05) is 12.1 Å². The zero-order valence-corrected chi connectivity index (χ0v) is 14.2. The molecule has 0 bridgehead atoms. The monoisotopic (exact) mass is 371 g/mol. The molecule has 0 spiro atoms. The maximum absolute atomic E-state index is 12.5. The zero-order valence-electron chi connectivity index (χ0n) is 12.6. The summed E-state index contributed by atoms with van der Waals surface area (Å²) in [5, 5.41) is 14.8. The van der Waals surface area contributed by atoms with Gasteiger partial charge in [-0.2, -0.15) is 9.78 Å². The van der Waals surface area contributed by atoms with Crippen molar-refractivity contribution in [1.82, 2.24) is 9.66 Å². The first-order valence-electron chi connectivity index (χ1n) is 6.99. The van der Waals surface area contributed by atoms with Gasteiger partial charge in [0, 0.05) is 10.0 Å². The Balaban J connectivity index is 2.14. The van der Waals surface area contributed by atoms with Gasteiger partial charge >= 0.3 is 0 Å². The van der Waals surface area contributed by atoms with E-state index in [2.05, 4.69) is 26.0 Å². The maximum atomic E-state index is 12.5. The van der Waals surface area contributed by atoms with Gasteiger partial charge in [-0.25, -0.2) is 4.98 Å². The third-order valence-corrected chi connectivity index (χ3v) is 3.98. The topological polar surface area (TPSA) is 67.5 Å². The van der Waals surface area contributed by atoms with E-state index in [-0.39, 0.29) is 11.3 Å². The van der Waals surface area contributed by atoms with Gasteiger partial charge in [-0.15, -0.1) is 0 Å². The molecule has 5 nitrogen and oxygen atoms in total. The van der Waals surface area contributed by atoms with Gasteiger partial charge in [-0.3, -0.25) is 4.79 Å². The third kappa shape index (κ3) is 2.90. The van der Waals surface area contributed by atoms with Crippen molar-refractivity contribution >= 4 is 33.0 Å². The van der Waals surface area contributed by atoms with Gasteiger partial charge < -0.3 is 5.11 Å².